The van der Waals surface area contributed by atoms with Crippen molar-refractivity contribution in [2.24, 2.45) is 0 Å². The van der Waals surface area contributed by atoms with E-state index in [1.807, 2.05) is 65.0 Å². The highest BCUT2D eigenvalue weighted by Gasteiger charge is 2.52. The molecular formula is C24H27BF3NO4. The number of rotatable bonds is 4. The van der Waals surface area contributed by atoms with E-state index in [-0.39, 0.29) is 12.6 Å². The summed E-state index contributed by atoms with van der Waals surface area (Å²) in [6.45, 7) is 9.27. The summed E-state index contributed by atoms with van der Waals surface area (Å²) in [5.41, 5.74) is -0.509. The lowest BCUT2D eigenvalue weighted by atomic mass is 9.75. The Bertz CT molecular complexity index is 1030. The molecule has 0 bridgehead atoms. The number of alkyl halides is 3. The molecule has 33 heavy (non-hydrogen) atoms. The minimum Gasteiger partial charge on any atom is -0.439 e. The van der Waals surface area contributed by atoms with Gasteiger partial charge in [0.15, 0.2) is 0 Å². The van der Waals surface area contributed by atoms with Crippen LogP contribution in [0.4, 0.5) is 18.0 Å². The number of ether oxygens (including phenoxy) is 1. The second-order valence-corrected chi connectivity index (χ2v) is 9.58. The number of hydrogen-bond acceptors (Lipinski definition) is 4. The highest BCUT2D eigenvalue weighted by Crippen LogP contribution is 2.38. The molecule has 0 aliphatic carbocycles. The van der Waals surface area contributed by atoms with Gasteiger partial charge in [0.25, 0.3) is 0 Å². The summed E-state index contributed by atoms with van der Waals surface area (Å²) in [7, 11) is -0.855. The molecule has 0 saturated carbocycles. The second kappa shape index (κ2) is 8.06. The van der Waals surface area contributed by atoms with E-state index < -0.39 is 42.3 Å². The van der Waals surface area contributed by atoms with Gasteiger partial charge in [-0.1, -0.05) is 42.5 Å². The van der Waals surface area contributed by atoms with Gasteiger partial charge in [-0.3, -0.25) is 4.90 Å². The van der Waals surface area contributed by atoms with Crippen molar-refractivity contribution in [3.8, 4) is 0 Å². The van der Waals surface area contributed by atoms with Crippen LogP contribution in [0.3, 0.4) is 0 Å². The average molecular weight is 461 g/mol. The van der Waals surface area contributed by atoms with Crippen LogP contribution in [0, 0.1) is 0 Å². The van der Waals surface area contributed by atoms with Crippen LogP contribution in [0.1, 0.15) is 57.4 Å². The van der Waals surface area contributed by atoms with E-state index in [0.29, 0.717) is 11.0 Å². The van der Waals surface area contributed by atoms with Gasteiger partial charge in [-0.2, -0.15) is 13.2 Å². The molecule has 9 heteroatoms. The Morgan fingerprint density at radius 1 is 1.00 bits per heavy atom. The molecule has 2 aliphatic heterocycles. The molecule has 176 valence electrons. The van der Waals surface area contributed by atoms with E-state index >= 15 is 0 Å². The fourth-order valence-corrected chi connectivity index (χ4v) is 4.10. The third-order valence-corrected chi connectivity index (χ3v) is 6.84. The number of nitrogens with zero attached hydrogens (tertiary/aromatic N) is 1. The van der Waals surface area contributed by atoms with Gasteiger partial charge in [0.2, 0.25) is 0 Å². The van der Waals surface area contributed by atoms with Gasteiger partial charge in [0, 0.05) is 6.54 Å². The molecule has 0 aromatic heterocycles. The molecule has 2 saturated heterocycles. The first-order valence-corrected chi connectivity index (χ1v) is 10.9. The Kier molecular flexibility index (Phi) is 5.77. The van der Waals surface area contributed by atoms with Gasteiger partial charge in [-0.05, 0) is 57.3 Å². The molecule has 2 heterocycles. The van der Waals surface area contributed by atoms with Crippen LogP contribution in [0.25, 0.3) is 0 Å². The first kappa shape index (κ1) is 23.6. The molecule has 2 aliphatic rings. The lowest BCUT2D eigenvalue weighted by molar-refractivity contribution is -0.137. The number of amides is 1. The molecule has 2 fully saturated rings. The van der Waals surface area contributed by atoms with Crippen LogP contribution >= 0.6 is 0 Å². The van der Waals surface area contributed by atoms with Gasteiger partial charge < -0.3 is 14.0 Å². The van der Waals surface area contributed by atoms with Crippen molar-refractivity contribution >= 4 is 18.7 Å². The van der Waals surface area contributed by atoms with Gasteiger partial charge >= 0.3 is 19.4 Å². The standard InChI is InChI=1S/C24H27BF3NO4/c1-15-20(16-9-7-6-8-10-16)31-21(30)29(15)14-17-13-18(24(26,27)28)11-12-19(17)25-32-22(2,3)23(4,5)33-25/h6-13,15,20H,14H2,1-5H3. The average Bonchev–Trinajstić information content (AvgIpc) is 3.13. The van der Waals surface area contributed by atoms with Crippen molar-refractivity contribution in [3.63, 3.8) is 0 Å². The number of hydrogen-bond donors (Lipinski definition) is 0. The maximum absolute atomic E-state index is 13.5. The molecule has 0 N–H and O–H groups in total. The minimum atomic E-state index is -4.52. The summed E-state index contributed by atoms with van der Waals surface area (Å²) < 4.78 is 58.3. The third-order valence-electron chi connectivity index (χ3n) is 6.84. The lowest BCUT2D eigenvalue weighted by Gasteiger charge is -2.32. The van der Waals surface area contributed by atoms with Crippen LogP contribution in [-0.4, -0.2) is 35.4 Å². The summed E-state index contributed by atoms with van der Waals surface area (Å²) in [4.78, 5) is 14.2. The van der Waals surface area contributed by atoms with Crippen molar-refractivity contribution < 1.29 is 32.0 Å². The minimum absolute atomic E-state index is 0.0628. The van der Waals surface area contributed by atoms with Gasteiger partial charge in [-0.15, -0.1) is 0 Å². The lowest BCUT2D eigenvalue weighted by Crippen LogP contribution is -2.41. The van der Waals surface area contributed by atoms with Gasteiger partial charge in [0.1, 0.15) is 6.10 Å². The topological polar surface area (TPSA) is 48.0 Å². The normalized spacial score (nSPS) is 24.3. The summed E-state index contributed by atoms with van der Waals surface area (Å²) in [6.07, 6.45) is -5.61. The number of halogens is 3. The molecule has 2 atom stereocenters. The fourth-order valence-electron chi connectivity index (χ4n) is 4.10. The van der Waals surface area contributed by atoms with Crippen LogP contribution in [0.2, 0.25) is 0 Å². The molecule has 1 amide bonds. The third kappa shape index (κ3) is 4.36. The largest absolute Gasteiger partial charge is 0.495 e. The van der Waals surface area contributed by atoms with E-state index in [0.717, 1.165) is 17.7 Å². The van der Waals surface area contributed by atoms with E-state index in [4.69, 9.17) is 14.0 Å². The Balaban J connectivity index is 1.68. The monoisotopic (exact) mass is 461 g/mol. The molecule has 4 rings (SSSR count). The molecule has 2 aromatic carbocycles. The van der Waals surface area contributed by atoms with Crippen LogP contribution in [-0.2, 0) is 26.8 Å². The van der Waals surface area contributed by atoms with Crippen LogP contribution in [0.15, 0.2) is 48.5 Å². The van der Waals surface area contributed by atoms with Crippen molar-refractivity contribution in [1.29, 1.82) is 0 Å². The predicted octanol–water partition coefficient (Wildman–Crippen LogP) is 5.09. The number of carbonyl (C=O) groups is 1. The molecule has 5 nitrogen and oxygen atoms in total. The number of carbonyl (C=O) groups excluding carboxylic acids is 1. The Morgan fingerprint density at radius 2 is 1.61 bits per heavy atom. The highest BCUT2D eigenvalue weighted by molar-refractivity contribution is 6.62. The van der Waals surface area contributed by atoms with Crippen LogP contribution < -0.4 is 5.46 Å². The predicted molar refractivity (Wildman–Crippen MR) is 118 cm³/mol. The van der Waals surface area contributed by atoms with Crippen molar-refractivity contribution in [3.05, 3.63) is 65.2 Å². The van der Waals surface area contributed by atoms with E-state index in [1.54, 1.807) is 0 Å². The smallest absolute Gasteiger partial charge is 0.439 e. The summed E-state index contributed by atoms with van der Waals surface area (Å²) in [5, 5.41) is 0. The van der Waals surface area contributed by atoms with E-state index in [9.17, 15) is 18.0 Å². The zero-order chi connectivity index (χ0) is 24.2. The van der Waals surface area contributed by atoms with Gasteiger partial charge in [0.05, 0.1) is 22.8 Å². The van der Waals surface area contributed by atoms with Crippen molar-refractivity contribution in [2.45, 2.75) is 70.7 Å². The molecule has 0 spiro atoms. The molecular weight excluding hydrogens is 434 g/mol. The quantitative estimate of drug-likeness (QED) is 0.596. The molecule has 2 unspecified atom stereocenters. The Hall–Kier alpha value is -2.52. The Morgan fingerprint density at radius 3 is 2.18 bits per heavy atom. The van der Waals surface area contributed by atoms with Crippen molar-refractivity contribution in [2.75, 3.05) is 0 Å². The van der Waals surface area contributed by atoms with E-state index in [1.165, 1.54) is 11.0 Å². The first-order valence-electron chi connectivity index (χ1n) is 10.9. The van der Waals surface area contributed by atoms with Gasteiger partial charge in [-0.25, -0.2) is 4.79 Å². The highest BCUT2D eigenvalue weighted by atomic mass is 19.4. The SMILES string of the molecule is CC1C(c2ccccc2)OC(=O)N1Cc1cc(C(F)(F)F)ccc1B1OC(C)(C)C(C)(C)O1. The zero-order valence-corrected chi connectivity index (χ0v) is 19.3. The number of cyclic esters (lactones) is 1. The van der Waals surface area contributed by atoms with E-state index in [2.05, 4.69) is 0 Å². The van der Waals surface area contributed by atoms with Crippen molar-refractivity contribution in [1.82, 2.24) is 4.90 Å². The molecule has 0 radical (unpaired) electrons. The molecule has 2 aromatic rings. The number of benzene rings is 2. The van der Waals surface area contributed by atoms with Crippen LogP contribution in [0.5, 0.6) is 0 Å². The fraction of sp³-hybridized carbons (Fsp3) is 0.458. The summed E-state index contributed by atoms with van der Waals surface area (Å²) >= 11 is 0. The maximum Gasteiger partial charge on any atom is 0.495 e. The maximum atomic E-state index is 13.5. The second-order valence-electron chi connectivity index (χ2n) is 9.58. The summed E-state index contributed by atoms with van der Waals surface area (Å²) in [5.74, 6) is 0. The Labute approximate surface area is 192 Å². The summed E-state index contributed by atoms with van der Waals surface area (Å²) in [6, 6.07) is 12.4. The zero-order valence-electron chi connectivity index (χ0n) is 19.3. The first-order chi connectivity index (χ1) is 15.3.